The Bertz CT molecular complexity index is 348. The summed E-state index contributed by atoms with van der Waals surface area (Å²) in [5.74, 6) is 0. The molecule has 62 valence electrons. The zero-order valence-corrected chi connectivity index (χ0v) is 8.34. The van der Waals surface area contributed by atoms with Crippen LogP contribution in [0.5, 0.6) is 0 Å². The molecular formula is C9H9NS2. The molecule has 0 aliphatic heterocycles. The molecule has 1 nitrogen and oxygen atoms in total. The summed E-state index contributed by atoms with van der Waals surface area (Å²) < 4.78 is 0. The molecule has 0 radical (unpaired) electrons. The average molecular weight is 195 g/mol. The minimum Gasteiger partial charge on any atom is -0.349 e. The normalized spacial score (nSPS) is 10.4. The Balaban J connectivity index is 2.35. The molecule has 0 bridgehead atoms. The van der Waals surface area contributed by atoms with Crippen molar-refractivity contribution in [3.63, 3.8) is 0 Å². The number of hydrogen-bond donors (Lipinski definition) is 1. The van der Waals surface area contributed by atoms with Crippen LogP contribution in [0.25, 0.3) is 10.6 Å². The zero-order chi connectivity index (χ0) is 8.39. The molecule has 0 aliphatic rings. The predicted molar refractivity (Wildman–Crippen MR) is 55.9 cm³/mol. The van der Waals surface area contributed by atoms with Gasteiger partial charge in [-0.2, -0.15) is 0 Å². The van der Waals surface area contributed by atoms with E-state index in [-0.39, 0.29) is 0 Å². The highest BCUT2D eigenvalue weighted by Crippen LogP contribution is 2.25. The molecule has 2 heterocycles. The molecule has 0 aliphatic carbocycles. The van der Waals surface area contributed by atoms with Gasteiger partial charge in [0, 0.05) is 0 Å². The number of nitrogens with one attached hydrogen (secondary N) is 1. The van der Waals surface area contributed by atoms with Gasteiger partial charge in [-0.05, 0) is 29.8 Å². The first kappa shape index (κ1) is 7.95. The van der Waals surface area contributed by atoms with Gasteiger partial charge in [-0.25, -0.2) is 0 Å². The molecule has 0 fully saturated rings. The first-order valence-electron chi connectivity index (χ1n) is 3.67. The van der Waals surface area contributed by atoms with E-state index in [2.05, 4.69) is 40.9 Å². The van der Waals surface area contributed by atoms with Gasteiger partial charge in [0.2, 0.25) is 0 Å². The number of thiophene rings is 1. The monoisotopic (exact) mass is 195 g/mol. The van der Waals surface area contributed by atoms with Crippen LogP contribution in [-0.2, 0) is 0 Å². The summed E-state index contributed by atoms with van der Waals surface area (Å²) in [6.45, 7) is 0. The van der Waals surface area contributed by atoms with Gasteiger partial charge in [0.05, 0.1) is 15.6 Å². The summed E-state index contributed by atoms with van der Waals surface area (Å²) >= 11 is 3.50. The highest BCUT2D eigenvalue weighted by Gasteiger charge is 2.00. The summed E-state index contributed by atoms with van der Waals surface area (Å²) in [5.41, 5.74) is 1.22. The lowest BCUT2D eigenvalue weighted by atomic mass is 10.3. The second-order valence-corrected chi connectivity index (χ2v) is 4.21. The number of hydrogen-bond acceptors (Lipinski definition) is 2. The molecule has 0 aromatic carbocycles. The third-order valence-electron chi connectivity index (χ3n) is 1.67. The van der Waals surface area contributed by atoms with Gasteiger partial charge in [0.25, 0.3) is 0 Å². The van der Waals surface area contributed by atoms with E-state index in [1.54, 1.807) is 23.1 Å². The van der Waals surface area contributed by atoms with Crippen LogP contribution in [0.4, 0.5) is 0 Å². The van der Waals surface area contributed by atoms with Gasteiger partial charge in [-0.1, -0.05) is 6.07 Å². The van der Waals surface area contributed by atoms with Crippen molar-refractivity contribution in [2.24, 2.45) is 0 Å². The van der Waals surface area contributed by atoms with E-state index in [0.29, 0.717) is 0 Å². The standard InChI is InChI=1S/C9H9NS2/c1-11-9-5-4-7(10-9)8-3-2-6-12-8/h2-6,10H,1H3. The number of H-pyrrole nitrogens is 1. The lowest BCUT2D eigenvalue weighted by Crippen LogP contribution is -1.70. The third kappa shape index (κ3) is 1.42. The number of aromatic nitrogens is 1. The molecule has 1 N–H and O–H groups in total. The van der Waals surface area contributed by atoms with E-state index >= 15 is 0 Å². The van der Waals surface area contributed by atoms with Crippen LogP contribution in [0.1, 0.15) is 0 Å². The second kappa shape index (κ2) is 3.37. The van der Waals surface area contributed by atoms with Gasteiger partial charge in [-0.3, -0.25) is 0 Å². The van der Waals surface area contributed by atoms with Crippen LogP contribution in [-0.4, -0.2) is 11.2 Å². The maximum absolute atomic E-state index is 3.34. The van der Waals surface area contributed by atoms with Crippen molar-refractivity contribution in [1.82, 2.24) is 4.98 Å². The van der Waals surface area contributed by atoms with Gasteiger partial charge in [0.1, 0.15) is 0 Å². The number of aromatic amines is 1. The molecule has 0 unspecified atom stereocenters. The Morgan fingerprint density at radius 1 is 1.33 bits per heavy atom. The van der Waals surface area contributed by atoms with E-state index in [0.717, 1.165) is 0 Å². The third-order valence-corrected chi connectivity index (χ3v) is 3.25. The van der Waals surface area contributed by atoms with Crippen LogP contribution < -0.4 is 0 Å². The fraction of sp³-hybridized carbons (Fsp3) is 0.111. The molecule has 12 heavy (non-hydrogen) atoms. The first-order valence-corrected chi connectivity index (χ1v) is 5.77. The van der Waals surface area contributed by atoms with Crippen LogP contribution in [0.2, 0.25) is 0 Å². The Hall–Kier alpha value is -0.670. The summed E-state index contributed by atoms with van der Waals surface area (Å²) in [4.78, 5) is 4.64. The van der Waals surface area contributed by atoms with Gasteiger partial charge in [-0.15, -0.1) is 23.1 Å². The Morgan fingerprint density at radius 3 is 2.83 bits per heavy atom. The molecule has 0 atom stereocenters. The van der Waals surface area contributed by atoms with Crippen molar-refractivity contribution in [2.45, 2.75) is 5.03 Å². The molecule has 3 heteroatoms. The van der Waals surface area contributed by atoms with E-state index in [4.69, 9.17) is 0 Å². The summed E-state index contributed by atoms with van der Waals surface area (Å²) in [6, 6.07) is 8.43. The lowest BCUT2D eigenvalue weighted by molar-refractivity contribution is 1.22. The lowest BCUT2D eigenvalue weighted by Gasteiger charge is -1.90. The number of thioether (sulfide) groups is 1. The molecular weight excluding hydrogens is 186 g/mol. The molecule has 2 aromatic rings. The largest absolute Gasteiger partial charge is 0.349 e. The maximum Gasteiger partial charge on any atom is 0.0723 e. The van der Waals surface area contributed by atoms with E-state index in [9.17, 15) is 0 Å². The minimum atomic E-state index is 1.22. The summed E-state index contributed by atoms with van der Waals surface area (Å²) in [5, 5.41) is 3.31. The van der Waals surface area contributed by atoms with Crippen molar-refractivity contribution in [3.8, 4) is 10.6 Å². The fourth-order valence-electron chi connectivity index (χ4n) is 1.07. The van der Waals surface area contributed by atoms with Crippen molar-refractivity contribution in [3.05, 3.63) is 29.6 Å². The Morgan fingerprint density at radius 2 is 2.25 bits per heavy atom. The smallest absolute Gasteiger partial charge is 0.0723 e. The van der Waals surface area contributed by atoms with Crippen LogP contribution >= 0.6 is 23.1 Å². The molecule has 0 saturated heterocycles. The molecule has 0 amide bonds. The number of rotatable bonds is 2. The Kier molecular flexibility index (Phi) is 2.23. The molecule has 0 saturated carbocycles. The highest BCUT2D eigenvalue weighted by molar-refractivity contribution is 7.98. The van der Waals surface area contributed by atoms with Crippen molar-refractivity contribution >= 4 is 23.1 Å². The quantitative estimate of drug-likeness (QED) is 0.725. The second-order valence-electron chi connectivity index (χ2n) is 2.42. The topological polar surface area (TPSA) is 15.8 Å². The first-order chi connectivity index (χ1) is 5.90. The molecule has 2 aromatic heterocycles. The zero-order valence-electron chi connectivity index (χ0n) is 6.70. The van der Waals surface area contributed by atoms with Gasteiger partial charge >= 0.3 is 0 Å². The van der Waals surface area contributed by atoms with Crippen LogP contribution in [0.3, 0.4) is 0 Å². The van der Waals surface area contributed by atoms with Crippen molar-refractivity contribution in [2.75, 3.05) is 6.26 Å². The molecule has 2 rings (SSSR count). The predicted octanol–water partition coefficient (Wildman–Crippen LogP) is 3.47. The average Bonchev–Trinajstić information content (AvgIpc) is 2.75. The van der Waals surface area contributed by atoms with E-state index < -0.39 is 0 Å². The minimum absolute atomic E-state index is 1.22. The van der Waals surface area contributed by atoms with Gasteiger partial charge in [0.15, 0.2) is 0 Å². The molecule has 0 spiro atoms. The van der Waals surface area contributed by atoms with Crippen molar-refractivity contribution < 1.29 is 0 Å². The SMILES string of the molecule is CSc1ccc(-c2cccs2)[nH]1. The van der Waals surface area contributed by atoms with E-state index in [1.165, 1.54) is 15.6 Å². The summed E-state index contributed by atoms with van der Waals surface area (Å²) in [7, 11) is 0. The fourth-order valence-corrected chi connectivity index (χ4v) is 2.19. The highest BCUT2D eigenvalue weighted by atomic mass is 32.2. The van der Waals surface area contributed by atoms with Crippen LogP contribution in [0, 0.1) is 0 Å². The van der Waals surface area contributed by atoms with Crippen molar-refractivity contribution in [1.29, 1.82) is 0 Å². The van der Waals surface area contributed by atoms with Crippen LogP contribution in [0.15, 0.2) is 34.7 Å². The summed E-state index contributed by atoms with van der Waals surface area (Å²) in [6.07, 6.45) is 2.07. The van der Waals surface area contributed by atoms with E-state index in [1.807, 2.05) is 0 Å². The Labute approximate surface area is 79.8 Å². The maximum atomic E-state index is 3.34. The van der Waals surface area contributed by atoms with Gasteiger partial charge < -0.3 is 4.98 Å².